The number of carbonyl (C=O) groups excluding carboxylic acids is 1. The number of benzene rings is 2. The highest BCUT2D eigenvalue weighted by Gasteiger charge is 2.32. The lowest BCUT2D eigenvalue weighted by molar-refractivity contribution is -0.122. The molecule has 1 amide bonds. The van der Waals surface area contributed by atoms with Crippen LogP contribution in [0.1, 0.15) is 52.8 Å². The summed E-state index contributed by atoms with van der Waals surface area (Å²) in [6, 6.07) is 16.6. The maximum Gasteiger partial charge on any atom is 0.232 e. The second-order valence-corrected chi connectivity index (χ2v) is 10.4. The molecule has 1 N–H and O–H groups in total. The summed E-state index contributed by atoms with van der Waals surface area (Å²) in [4.78, 5) is 22.0. The van der Waals surface area contributed by atoms with E-state index < -0.39 is 5.54 Å². The molecule has 0 spiro atoms. The lowest BCUT2D eigenvalue weighted by Crippen LogP contribution is -2.43. The van der Waals surface area contributed by atoms with Crippen LogP contribution in [0.2, 0.25) is 0 Å². The van der Waals surface area contributed by atoms with Gasteiger partial charge in [0.2, 0.25) is 11.8 Å². The van der Waals surface area contributed by atoms with Gasteiger partial charge in [0.05, 0.1) is 16.9 Å². The van der Waals surface area contributed by atoms with E-state index in [1.165, 1.54) is 9.79 Å². The Morgan fingerprint density at radius 1 is 1.00 bits per heavy atom. The van der Waals surface area contributed by atoms with Crippen LogP contribution in [-0.2, 0) is 15.7 Å². The van der Waals surface area contributed by atoms with Crippen molar-refractivity contribution in [1.29, 1.82) is 0 Å². The minimum atomic E-state index is -0.725. The molecule has 1 aliphatic heterocycles. The number of rotatable bonds is 5. The van der Waals surface area contributed by atoms with Crippen molar-refractivity contribution in [2.45, 2.75) is 61.8 Å². The maximum atomic E-state index is 12.9. The fourth-order valence-corrected chi connectivity index (χ4v) is 4.58. The predicted octanol–water partition coefficient (Wildman–Crippen LogP) is 5.41. The van der Waals surface area contributed by atoms with Crippen molar-refractivity contribution in [3.05, 3.63) is 60.2 Å². The first-order valence-electron chi connectivity index (χ1n) is 10.4. The third kappa shape index (κ3) is 4.46. The molecule has 3 aromatic rings. The predicted molar refractivity (Wildman–Crippen MR) is 123 cm³/mol. The van der Waals surface area contributed by atoms with Gasteiger partial charge in [-0.25, -0.2) is 0 Å². The SMILES string of the molecule is CC(C)(C)c1nc(C(C)(C)NC(=O)CCN2c3ccccc3Sc3ccccc32)no1. The summed E-state index contributed by atoms with van der Waals surface area (Å²) < 4.78 is 5.41. The Morgan fingerprint density at radius 2 is 1.58 bits per heavy atom. The molecule has 162 valence electrons. The highest BCUT2D eigenvalue weighted by atomic mass is 32.2. The van der Waals surface area contributed by atoms with E-state index in [0.717, 1.165) is 11.4 Å². The zero-order valence-electron chi connectivity index (χ0n) is 18.6. The van der Waals surface area contributed by atoms with E-state index in [1.807, 2.05) is 58.9 Å². The number of fused-ring (bicyclic) bond motifs is 2. The Morgan fingerprint density at radius 3 is 2.13 bits per heavy atom. The number of aromatic nitrogens is 2. The standard InChI is InChI=1S/C24H28N4O2S/c1-23(2,3)22-25-21(27-30-22)24(4,5)26-20(29)14-15-28-16-10-6-8-12-18(16)31-19-13-9-7-11-17(19)28/h6-13H,14-15H2,1-5H3,(H,26,29). The van der Waals surface area contributed by atoms with E-state index in [1.54, 1.807) is 11.8 Å². The third-order valence-corrected chi connectivity index (χ3v) is 6.30. The van der Waals surface area contributed by atoms with Gasteiger partial charge in [0.1, 0.15) is 0 Å². The molecule has 0 unspecified atom stereocenters. The third-order valence-electron chi connectivity index (χ3n) is 5.17. The van der Waals surface area contributed by atoms with Gasteiger partial charge >= 0.3 is 0 Å². The summed E-state index contributed by atoms with van der Waals surface area (Å²) in [6.07, 6.45) is 0.348. The smallest absolute Gasteiger partial charge is 0.232 e. The molecule has 4 rings (SSSR count). The summed E-state index contributed by atoms with van der Waals surface area (Å²) in [7, 11) is 0. The second-order valence-electron chi connectivity index (χ2n) is 9.29. The number of carbonyl (C=O) groups is 1. The van der Waals surface area contributed by atoms with Crippen LogP contribution in [0.5, 0.6) is 0 Å². The minimum absolute atomic E-state index is 0.0553. The summed E-state index contributed by atoms with van der Waals surface area (Å²) in [6.45, 7) is 10.4. The molecule has 1 aliphatic rings. The van der Waals surface area contributed by atoms with E-state index in [2.05, 4.69) is 44.6 Å². The molecule has 2 heterocycles. The van der Waals surface area contributed by atoms with Gasteiger partial charge < -0.3 is 14.7 Å². The first-order chi connectivity index (χ1) is 14.6. The molecule has 0 bridgehead atoms. The lowest BCUT2D eigenvalue weighted by atomic mass is 9.97. The summed E-state index contributed by atoms with van der Waals surface area (Å²) in [5.41, 5.74) is 1.30. The number of nitrogens with zero attached hydrogens (tertiary/aromatic N) is 3. The number of amides is 1. The summed E-state index contributed by atoms with van der Waals surface area (Å²) >= 11 is 1.76. The zero-order chi connectivity index (χ0) is 22.2. The zero-order valence-corrected chi connectivity index (χ0v) is 19.4. The van der Waals surface area contributed by atoms with Crippen molar-refractivity contribution in [1.82, 2.24) is 15.5 Å². The van der Waals surface area contributed by atoms with Crippen LogP contribution in [0.4, 0.5) is 11.4 Å². The van der Waals surface area contributed by atoms with Crippen molar-refractivity contribution in [3.63, 3.8) is 0 Å². The minimum Gasteiger partial charge on any atom is -0.344 e. The molecule has 0 radical (unpaired) electrons. The number of para-hydroxylation sites is 2. The van der Waals surface area contributed by atoms with Crippen LogP contribution in [0, 0.1) is 0 Å². The first kappa shape index (κ1) is 21.4. The molecule has 1 aromatic heterocycles. The van der Waals surface area contributed by atoms with Crippen molar-refractivity contribution >= 4 is 29.0 Å². The van der Waals surface area contributed by atoms with Gasteiger partial charge in [-0.3, -0.25) is 4.79 Å². The Labute approximate surface area is 187 Å². The van der Waals surface area contributed by atoms with Crippen LogP contribution in [0.25, 0.3) is 0 Å². The first-order valence-corrected chi connectivity index (χ1v) is 11.3. The molecule has 0 saturated carbocycles. The fourth-order valence-electron chi connectivity index (χ4n) is 3.48. The van der Waals surface area contributed by atoms with Crippen molar-refractivity contribution in [3.8, 4) is 0 Å². The Balaban J connectivity index is 1.47. The van der Waals surface area contributed by atoms with Crippen LogP contribution in [0.15, 0.2) is 62.8 Å². The Bertz CT molecular complexity index is 1060. The second kappa shape index (κ2) is 8.04. The number of hydrogen-bond donors (Lipinski definition) is 1. The highest BCUT2D eigenvalue weighted by molar-refractivity contribution is 7.99. The number of anilines is 2. The number of hydrogen-bond acceptors (Lipinski definition) is 6. The van der Waals surface area contributed by atoms with E-state index in [-0.39, 0.29) is 11.3 Å². The van der Waals surface area contributed by atoms with Crippen molar-refractivity contribution < 1.29 is 9.32 Å². The monoisotopic (exact) mass is 436 g/mol. The summed E-state index contributed by atoms with van der Waals surface area (Å²) in [5, 5.41) is 7.17. The van der Waals surface area contributed by atoms with Gasteiger partial charge in [-0.05, 0) is 38.1 Å². The van der Waals surface area contributed by atoms with Gasteiger partial charge in [0.25, 0.3) is 0 Å². The van der Waals surface area contributed by atoms with Gasteiger partial charge in [0.15, 0.2) is 5.82 Å². The van der Waals surface area contributed by atoms with Crippen LogP contribution in [0.3, 0.4) is 0 Å². The molecule has 31 heavy (non-hydrogen) atoms. The molecule has 0 aliphatic carbocycles. The molecule has 0 fully saturated rings. The lowest BCUT2D eigenvalue weighted by Gasteiger charge is -2.33. The van der Waals surface area contributed by atoms with Crippen LogP contribution in [-0.4, -0.2) is 22.6 Å². The number of nitrogens with one attached hydrogen (secondary N) is 1. The molecular formula is C24H28N4O2S. The largest absolute Gasteiger partial charge is 0.344 e. The van der Waals surface area contributed by atoms with E-state index in [9.17, 15) is 4.79 Å². The highest BCUT2D eigenvalue weighted by Crippen LogP contribution is 2.47. The quantitative estimate of drug-likeness (QED) is 0.576. The average molecular weight is 437 g/mol. The molecule has 6 nitrogen and oxygen atoms in total. The van der Waals surface area contributed by atoms with E-state index >= 15 is 0 Å². The van der Waals surface area contributed by atoms with Gasteiger partial charge in [-0.2, -0.15) is 4.98 Å². The molecule has 2 aromatic carbocycles. The Kier molecular flexibility index (Phi) is 5.56. The van der Waals surface area contributed by atoms with E-state index in [4.69, 9.17) is 4.52 Å². The van der Waals surface area contributed by atoms with Crippen molar-refractivity contribution in [2.75, 3.05) is 11.4 Å². The molecule has 7 heteroatoms. The van der Waals surface area contributed by atoms with Crippen molar-refractivity contribution in [2.24, 2.45) is 0 Å². The van der Waals surface area contributed by atoms with Gasteiger partial charge in [-0.15, -0.1) is 0 Å². The average Bonchev–Trinajstić information content (AvgIpc) is 3.23. The van der Waals surface area contributed by atoms with Crippen LogP contribution < -0.4 is 10.2 Å². The Hall–Kier alpha value is -2.80. The molecule has 0 saturated heterocycles. The van der Waals surface area contributed by atoms with Gasteiger partial charge in [-0.1, -0.05) is 62.0 Å². The summed E-state index contributed by atoms with van der Waals surface area (Å²) in [5.74, 6) is 0.986. The fraction of sp³-hybridized carbons (Fsp3) is 0.375. The maximum absolute atomic E-state index is 12.9. The molecular weight excluding hydrogens is 408 g/mol. The van der Waals surface area contributed by atoms with Crippen LogP contribution >= 0.6 is 11.8 Å². The van der Waals surface area contributed by atoms with E-state index in [0.29, 0.717) is 24.7 Å². The normalized spacial score (nSPS) is 13.5. The molecule has 0 atom stereocenters. The topological polar surface area (TPSA) is 71.3 Å². The van der Waals surface area contributed by atoms with Gasteiger partial charge in [0, 0.05) is 28.2 Å².